The summed E-state index contributed by atoms with van der Waals surface area (Å²) in [5.41, 5.74) is 7.25. The van der Waals surface area contributed by atoms with Crippen LogP contribution in [-0.2, 0) is 0 Å². The molecule has 0 aliphatic carbocycles. The van der Waals surface area contributed by atoms with Crippen LogP contribution in [0.3, 0.4) is 0 Å². The number of nitrogens with zero attached hydrogens (tertiary/aromatic N) is 4. The topological polar surface area (TPSA) is 124 Å². The van der Waals surface area contributed by atoms with Crippen LogP contribution in [0.5, 0.6) is 28.7 Å². The summed E-state index contributed by atoms with van der Waals surface area (Å²) in [4.78, 5) is 40.6. The minimum atomic E-state index is -0.204. The third-order valence-corrected chi connectivity index (χ3v) is 11.3. The largest absolute Gasteiger partial charge is 0.497 e. The van der Waals surface area contributed by atoms with Crippen molar-refractivity contribution in [3.63, 3.8) is 0 Å². The predicted octanol–water partition coefficient (Wildman–Crippen LogP) is 8.96. The Bertz CT molecular complexity index is 2370. The number of hydrogen-bond acceptors (Lipinski definition) is 10. The Morgan fingerprint density at radius 2 is 1.12 bits per heavy atom. The van der Waals surface area contributed by atoms with Gasteiger partial charge in [-0.15, -0.1) is 0 Å². The van der Waals surface area contributed by atoms with Crippen LogP contribution in [0, 0.1) is 5.92 Å². The average molecular weight is 796 g/mol. The number of hydrogen-bond donors (Lipinski definition) is 1. The van der Waals surface area contributed by atoms with Gasteiger partial charge in [0.2, 0.25) is 0 Å². The Morgan fingerprint density at radius 1 is 0.644 bits per heavy atom. The average Bonchev–Trinajstić information content (AvgIpc) is 3.83. The maximum absolute atomic E-state index is 13.9. The number of methoxy groups -OCH3 is 3. The Kier molecular flexibility index (Phi) is 11.1. The van der Waals surface area contributed by atoms with Gasteiger partial charge < -0.3 is 38.8 Å². The van der Waals surface area contributed by atoms with Gasteiger partial charge in [0.1, 0.15) is 5.75 Å². The van der Waals surface area contributed by atoms with E-state index in [4.69, 9.17) is 33.7 Å². The number of rotatable bonds is 14. The van der Waals surface area contributed by atoms with E-state index in [2.05, 4.69) is 50.4 Å². The van der Waals surface area contributed by atoms with Gasteiger partial charge >= 0.3 is 0 Å². The van der Waals surface area contributed by atoms with Gasteiger partial charge in [-0.05, 0) is 71.5 Å². The molecular formula is C47H49N5O7. The van der Waals surface area contributed by atoms with Crippen molar-refractivity contribution in [1.82, 2.24) is 9.80 Å². The molecule has 4 aromatic rings. The van der Waals surface area contributed by atoms with E-state index >= 15 is 0 Å². The van der Waals surface area contributed by atoms with Crippen LogP contribution >= 0.6 is 0 Å². The summed E-state index contributed by atoms with van der Waals surface area (Å²) >= 11 is 0. The van der Waals surface area contributed by atoms with Gasteiger partial charge in [-0.1, -0.05) is 38.1 Å². The quantitative estimate of drug-likeness (QED) is 0.126. The first kappa shape index (κ1) is 39.3. The lowest BCUT2D eigenvalue weighted by molar-refractivity contribution is 0.0809. The van der Waals surface area contributed by atoms with Crippen LogP contribution in [0.4, 0.5) is 17.1 Å². The fraction of sp³-hybridized carbons (Fsp3) is 0.319. The Labute approximate surface area is 344 Å². The third kappa shape index (κ3) is 7.99. The molecule has 4 aliphatic heterocycles. The maximum Gasteiger partial charge on any atom is 0.260 e. The van der Waals surface area contributed by atoms with E-state index in [1.165, 1.54) is 0 Å². The Morgan fingerprint density at radius 3 is 1.56 bits per heavy atom. The number of nitrogens with one attached hydrogen (secondary N) is 1. The van der Waals surface area contributed by atoms with Gasteiger partial charge in [-0.3, -0.25) is 19.6 Å². The van der Waals surface area contributed by atoms with Gasteiger partial charge in [0, 0.05) is 68.0 Å². The third-order valence-electron chi connectivity index (χ3n) is 11.3. The molecule has 0 bridgehead atoms. The molecule has 12 nitrogen and oxygen atoms in total. The zero-order valence-corrected chi connectivity index (χ0v) is 34.2. The van der Waals surface area contributed by atoms with Gasteiger partial charge in [0.05, 0.1) is 69.1 Å². The predicted molar refractivity (Wildman–Crippen MR) is 230 cm³/mol. The van der Waals surface area contributed by atoms with Crippen LogP contribution in [0.2, 0.25) is 0 Å². The Hall–Kier alpha value is -6.56. The minimum absolute atomic E-state index is 0.143. The van der Waals surface area contributed by atoms with E-state index in [0.29, 0.717) is 89.9 Å². The highest BCUT2D eigenvalue weighted by Crippen LogP contribution is 2.42. The first-order chi connectivity index (χ1) is 28.6. The maximum atomic E-state index is 13.9. The highest BCUT2D eigenvalue weighted by atomic mass is 16.5. The number of benzene rings is 4. The zero-order chi connectivity index (χ0) is 41.2. The van der Waals surface area contributed by atoms with Crippen LogP contribution in [-0.4, -0.2) is 86.7 Å². The molecule has 1 N–H and O–H groups in total. The molecule has 1 unspecified atom stereocenters. The standard InChI is InChI=1S/C47H49N5O7/c1-28(2)29(3)50-34-12-8-30(9-13-34)32-18-35-24-48-40-22-44(42(56-5)20-38(40)46(53)51(35)26-32)58-16-7-17-59-45-23-41-39(21-43(45)57-6)47(54)52-27-33(19-36(52)25-49-41)31-10-14-37(55-4)15-11-31/h8-15,20-29,35-36,50H,7,16-19H2,1-6H3/t29?,35-,36-/m0/s1. The van der Waals surface area contributed by atoms with Crippen molar-refractivity contribution in [1.29, 1.82) is 0 Å². The molecule has 4 heterocycles. The lowest BCUT2D eigenvalue weighted by Gasteiger charge is -2.19. The van der Waals surface area contributed by atoms with Crippen molar-refractivity contribution in [2.45, 2.75) is 58.2 Å². The zero-order valence-electron chi connectivity index (χ0n) is 34.2. The molecule has 8 rings (SSSR count). The van der Waals surface area contributed by atoms with E-state index < -0.39 is 0 Å². The molecule has 0 aromatic heterocycles. The van der Waals surface area contributed by atoms with Crippen molar-refractivity contribution in [2.75, 3.05) is 39.9 Å². The molecule has 0 radical (unpaired) electrons. The highest BCUT2D eigenvalue weighted by Gasteiger charge is 2.35. The first-order valence-electron chi connectivity index (χ1n) is 20.0. The smallest absolute Gasteiger partial charge is 0.260 e. The summed E-state index contributed by atoms with van der Waals surface area (Å²) in [6.07, 6.45) is 9.33. The van der Waals surface area contributed by atoms with Crippen LogP contribution in [0.1, 0.15) is 71.9 Å². The summed E-state index contributed by atoms with van der Waals surface area (Å²) in [6, 6.07) is 23.0. The van der Waals surface area contributed by atoms with Crippen molar-refractivity contribution >= 4 is 52.5 Å². The number of aliphatic imine (C=N–C) groups is 2. The fourth-order valence-corrected chi connectivity index (χ4v) is 7.58. The molecule has 4 aromatic carbocycles. The minimum Gasteiger partial charge on any atom is -0.497 e. The van der Waals surface area contributed by atoms with Gasteiger partial charge in [-0.25, -0.2) is 0 Å². The van der Waals surface area contributed by atoms with Crippen molar-refractivity contribution < 1.29 is 33.3 Å². The second kappa shape index (κ2) is 16.7. The molecule has 304 valence electrons. The summed E-state index contributed by atoms with van der Waals surface area (Å²) in [7, 11) is 4.74. The summed E-state index contributed by atoms with van der Waals surface area (Å²) in [5, 5.41) is 3.55. The monoisotopic (exact) mass is 795 g/mol. The second-order valence-electron chi connectivity index (χ2n) is 15.4. The SMILES string of the molecule is COc1ccc(C2=CN3C(=O)c4cc(OC)c(OCCCOc5cc6c(cc5OC)C(=O)N5C=C(c7ccc(NC(C)C(C)C)cc7)C[C@H]5C=N6)cc4N=C[C@@H]3C2)cc1. The lowest BCUT2D eigenvalue weighted by Crippen LogP contribution is -2.32. The van der Waals surface area contributed by atoms with Crippen LogP contribution in [0.15, 0.2) is 95.2 Å². The molecule has 0 saturated carbocycles. The van der Waals surface area contributed by atoms with E-state index in [0.717, 1.165) is 33.7 Å². The van der Waals surface area contributed by atoms with Crippen LogP contribution in [0.25, 0.3) is 11.1 Å². The number of amides is 2. The van der Waals surface area contributed by atoms with Crippen LogP contribution < -0.4 is 29.0 Å². The molecule has 3 atom stereocenters. The van der Waals surface area contributed by atoms with Crippen molar-refractivity contribution in [3.8, 4) is 28.7 Å². The number of carbonyl (C=O) groups excluding carboxylic acids is 2. The molecular weight excluding hydrogens is 747 g/mol. The number of fused-ring (bicyclic) bond motifs is 4. The van der Waals surface area contributed by atoms with E-state index in [1.54, 1.807) is 55.4 Å². The number of carbonyl (C=O) groups is 2. The molecule has 12 heteroatoms. The normalized spacial score (nSPS) is 18.2. The molecule has 4 aliphatic rings. The molecule has 0 saturated heterocycles. The molecule has 0 fully saturated rings. The summed E-state index contributed by atoms with van der Waals surface area (Å²) in [6.45, 7) is 7.19. The fourth-order valence-electron chi connectivity index (χ4n) is 7.58. The Balaban J connectivity index is 0.890. The van der Waals surface area contributed by atoms with Crippen molar-refractivity contribution in [2.24, 2.45) is 15.9 Å². The molecule has 2 amide bonds. The first-order valence-corrected chi connectivity index (χ1v) is 20.0. The van der Waals surface area contributed by atoms with E-state index in [9.17, 15) is 9.59 Å². The summed E-state index contributed by atoms with van der Waals surface area (Å²) in [5.74, 6) is 2.84. The highest BCUT2D eigenvalue weighted by molar-refractivity contribution is 6.06. The summed E-state index contributed by atoms with van der Waals surface area (Å²) < 4.78 is 28.9. The van der Waals surface area contributed by atoms with Crippen molar-refractivity contribution in [3.05, 3.63) is 107 Å². The molecule has 0 spiro atoms. The van der Waals surface area contributed by atoms with E-state index in [1.807, 2.05) is 49.1 Å². The molecule has 59 heavy (non-hydrogen) atoms. The number of anilines is 1. The van der Waals surface area contributed by atoms with Gasteiger partial charge in [-0.2, -0.15) is 0 Å². The van der Waals surface area contributed by atoms with Gasteiger partial charge in [0.15, 0.2) is 23.0 Å². The van der Waals surface area contributed by atoms with Gasteiger partial charge in [0.25, 0.3) is 11.8 Å². The number of ether oxygens (including phenoxy) is 5. The van der Waals surface area contributed by atoms with E-state index in [-0.39, 0.29) is 23.9 Å². The lowest BCUT2D eigenvalue weighted by atomic mass is 10.0. The second-order valence-corrected chi connectivity index (χ2v) is 15.4.